The van der Waals surface area contributed by atoms with E-state index in [1.54, 1.807) is 27.7 Å². The van der Waals surface area contributed by atoms with Gasteiger partial charge in [0.25, 0.3) is 5.91 Å². The molecule has 2 heterocycles. The van der Waals surface area contributed by atoms with E-state index in [1.807, 2.05) is 0 Å². The molecule has 0 saturated carbocycles. The van der Waals surface area contributed by atoms with Crippen molar-refractivity contribution in [3.63, 3.8) is 0 Å². The fraction of sp³-hybridized carbons (Fsp3) is 0.538. The van der Waals surface area contributed by atoms with Crippen molar-refractivity contribution in [3.05, 3.63) is 11.0 Å². The average molecular weight is 314 g/mol. The van der Waals surface area contributed by atoms with Gasteiger partial charge in [0.15, 0.2) is 17.1 Å². The number of hydrogen-bond donors (Lipinski definition) is 0. The molecule has 0 saturated heterocycles. The minimum atomic E-state index is -0.826. The van der Waals surface area contributed by atoms with E-state index in [9.17, 15) is 9.59 Å². The molecule has 0 radical (unpaired) electrons. The third-order valence-corrected chi connectivity index (χ3v) is 3.30. The Morgan fingerprint density at radius 1 is 1.52 bits per heavy atom. The van der Waals surface area contributed by atoms with Crippen molar-refractivity contribution < 1.29 is 19.1 Å². The summed E-state index contributed by atoms with van der Waals surface area (Å²) in [5.74, 6) is -0.122. The molecule has 0 bridgehead atoms. The number of carbonyl (C=O) groups is 2. The van der Waals surface area contributed by atoms with E-state index in [0.717, 1.165) is 0 Å². The van der Waals surface area contributed by atoms with Crippen molar-refractivity contribution in [2.45, 2.75) is 39.8 Å². The maximum Gasteiger partial charge on any atom is 0.329 e. The predicted molar refractivity (Wildman–Crippen MR) is 75.5 cm³/mol. The standard InChI is InChI=1S/C13H16ClN3O4/c1-5-20-13(19)6(2)17-11-9(21-7(3)12(17)18)10(14)15-8(4)16-11/h6-7H,5H2,1-4H3. The highest BCUT2D eigenvalue weighted by molar-refractivity contribution is 6.31. The summed E-state index contributed by atoms with van der Waals surface area (Å²) >= 11 is 6.04. The minimum absolute atomic E-state index is 0.109. The number of amides is 1. The van der Waals surface area contributed by atoms with Crippen LogP contribution in [0.4, 0.5) is 5.82 Å². The van der Waals surface area contributed by atoms with Crippen LogP contribution < -0.4 is 9.64 Å². The van der Waals surface area contributed by atoms with Gasteiger partial charge in [0.05, 0.1) is 6.61 Å². The molecular weight excluding hydrogens is 298 g/mol. The first kappa shape index (κ1) is 15.5. The second-order valence-electron chi connectivity index (χ2n) is 4.61. The lowest BCUT2D eigenvalue weighted by Crippen LogP contribution is -2.52. The Morgan fingerprint density at radius 2 is 2.19 bits per heavy atom. The fourth-order valence-electron chi connectivity index (χ4n) is 2.05. The molecule has 0 aromatic carbocycles. The van der Waals surface area contributed by atoms with Crippen LogP contribution in [0.3, 0.4) is 0 Å². The second-order valence-corrected chi connectivity index (χ2v) is 4.97. The number of carbonyl (C=O) groups excluding carboxylic acids is 2. The van der Waals surface area contributed by atoms with Crippen molar-refractivity contribution in [2.75, 3.05) is 11.5 Å². The number of ether oxygens (including phenoxy) is 2. The summed E-state index contributed by atoms with van der Waals surface area (Å²) in [4.78, 5) is 33.7. The van der Waals surface area contributed by atoms with Gasteiger partial charge in [0, 0.05) is 0 Å². The van der Waals surface area contributed by atoms with Crippen LogP contribution in [0.1, 0.15) is 26.6 Å². The Balaban J connectivity index is 2.50. The molecule has 1 aromatic heterocycles. The Hall–Kier alpha value is -1.89. The number of anilines is 1. The van der Waals surface area contributed by atoms with Crippen LogP contribution in [0.25, 0.3) is 0 Å². The van der Waals surface area contributed by atoms with E-state index in [2.05, 4.69) is 9.97 Å². The number of esters is 1. The highest BCUT2D eigenvalue weighted by Crippen LogP contribution is 2.38. The first-order chi connectivity index (χ1) is 9.86. The largest absolute Gasteiger partial charge is 0.474 e. The molecule has 2 atom stereocenters. The first-order valence-electron chi connectivity index (χ1n) is 6.57. The van der Waals surface area contributed by atoms with Crippen molar-refractivity contribution in [2.24, 2.45) is 0 Å². The highest BCUT2D eigenvalue weighted by Gasteiger charge is 2.40. The van der Waals surface area contributed by atoms with Crippen LogP contribution in [-0.4, -0.2) is 40.6 Å². The molecule has 8 heteroatoms. The van der Waals surface area contributed by atoms with E-state index in [-0.39, 0.29) is 29.2 Å². The lowest BCUT2D eigenvalue weighted by molar-refractivity contribution is -0.146. The molecule has 1 aromatic rings. The monoisotopic (exact) mass is 313 g/mol. The summed E-state index contributed by atoms with van der Waals surface area (Å²) in [6, 6.07) is -0.826. The van der Waals surface area contributed by atoms with E-state index >= 15 is 0 Å². The third kappa shape index (κ3) is 2.78. The Morgan fingerprint density at radius 3 is 2.81 bits per heavy atom. The quantitative estimate of drug-likeness (QED) is 0.621. The summed E-state index contributed by atoms with van der Waals surface area (Å²) in [7, 11) is 0. The molecule has 2 unspecified atom stereocenters. The molecule has 2 rings (SSSR count). The van der Waals surface area contributed by atoms with Gasteiger partial charge < -0.3 is 9.47 Å². The van der Waals surface area contributed by atoms with E-state index in [1.165, 1.54) is 4.90 Å². The van der Waals surface area contributed by atoms with Gasteiger partial charge in [-0.2, -0.15) is 0 Å². The molecule has 1 aliphatic rings. The molecular formula is C13H16ClN3O4. The third-order valence-electron chi connectivity index (χ3n) is 3.04. The summed E-state index contributed by atoms with van der Waals surface area (Å²) < 4.78 is 10.4. The van der Waals surface area contributed by atoms with Gasteiger partial charge in [-0.3, -0.25) is 9.69 Å². The van der Waals surface area contributed by atoms with Crippen molar-refractivity contribution >= 4 is 29.3 Å². The maximum absolute atomic E-state index is 12.4. The van der Waals surface area contributed by atoms with E-state index in [0.29, 0.717) is 5.82 Å². The lowest BCUT2D eigenvalue weighted by Gasteiger charge is -2.34. The van der Waals surface area contributed by atoms with Crippen molar-refractivity contribution in [1.29, 1.82) is 0 Å². The summed E-state index contributed by atoms with van der Waals surface area (Å²) in [6.45, 7) is 6.72. The minimum Gasteiger partial charge on any atom is -0.474 e. The first-order valence-corrected chi connectivity index (χ1v) is 6.95. The average Bonchev–Trinajstić information content (AvgIpc) is 2.41. The van der Waals surface area contributed by atoms with Crippen LogP contribution >= 0.6 is 11.6 Å². The number of halogens is 1. The number of aryl methyl sites for hydroxylation is 1. The van der Waals surface area contributed by atoms with Gasteiger partial charge in [-0.1, -0.05) is 11.6 Å². The maximum atomic E-state index is 12.4. The topological polar surface area (TPSA) is 81.6 Å². The Labute approximate surface area is 127 Å². The molecule has 21 heavy (non-hydrogen) atoms. The smallest absolute Gasteiger partial charge is 0.329 e. The molecule has 0 spiro atoms. The van der Waals surface area contributed by atoms with Gasteiger partial charge in [-0.25, -0.2) is 14.8 Å². The Kier molecular flexibility index (Phi) is 4.32. The normalized spacial score (nSPS) is 18.8. The van der Waals surface area contributed by atoms with Gasteiger partial charge in [0.2, 0.25) is 5.75 Å². The summed E-state index contributed by atoms with van der Waals surface area (Å²) in [6.07, 6.45) is -0.779. The molecule has 0 aliphatic carbocycles. The number of rotatable bonds is 3. The molecule has 0 fully saturated rings. The SMILES string of the molecule is CCOC(=O)C(C)N1C(=O)C(C)Oc2c(Cl)nc(C)nc21. The van der Waals surface area contributed by atoms with E-state index in [4.69, 9.17) is 21.1 Å². The second kappa shape index (κ2) is 5.85. The highest BCUT2D eigenvalue weighted by atomic mass is 35.5. The number of nitrogens with zero attached hydrogens (tertiary/aromatic N) is 3. The van der Waals surface area contributed by atoms with Crippen LogP contribution in [0.5, 0.6) is 5.75 Å². The summed E-state index contributed by atoms with van der Waals surface area (Å²) in [5.41, 5.74) is 0. The zero-order valence-corrected chi connectivity index (χ0v) is 13.0. The van der Waals surface area contributed by atoms with Gasteiger partial charge >= 0.3 is 5.97 Å². The van der Waals surface area contributed by atoms with Gasteiger partial charge in [-0.15, -0.1) is 0 Å². The van der Waals surface area contributed by atoms with Crippen LogP contribution in [0, 0.1) is 6.92 Å². The van der Waals surface area contributed by atoms with Crippen molar-refractivity contribution in [3.8, 4) is 5.75 Å². The summed E-state index contributed by atoms with van der Waals surface area (Å²) in [5, 5.41) is 0.109. The predicted octanol–water partition coefficient (Wildman–Crippen LogP) is 1.50. The number of aromatic nitrogens is 2. The Bertz CT molecular complexity index is 593. The zero-order valence-electron chi connectivity index (χ0n) is 12.2. The van der Waals surface area contributed by atoms with Crippen LogP contribution in [-0.2, 0) is 14.3 Å². The molecule has 1 amide bonds. The molecule has 114 valence electrons. The number of hydrogen-bond acceptors (Lipinski definition) is 6. The molecule has 7 nitrogen and oxygen atoms in total. The van der Waals surface area contributed by atoms with E-state index < -0.39 is 18.1 Å². The van der Waals surface area contributed by atoms with Gasteiger partial charge in [0.1, 0.15) is 11.9 Å². The lowest BCUT2D eigenvalue weighted by atomic mass is 10.2. The van der Waals surface area contributed by atoms with Crippen LogP contribution in [0.15, 0.2) is 0 Å². The fourth-order valence-corrected chi connectivity index (χ4v) is 2.30. The number of fused-ring (bicyclic) bond motifs is 1. The molecule has 0 N–H and O–H groups in total. The molecule has 1 aliphatic heterocycles. The zero-order chi connectivity index (χ0) is 15.7. The van der Waals surface area contributed by atoms with Gasteiger partial charge in [-0.05, 0) is 27.7 Å². The van der Waals surface area contributed by atoms with Crippen LogP contribution in [0.2, 0.25) is 5.15 Å². The van der Waals surface area contributed by atoms with Crippen molar-refractivity contribution in [1.82, 2.24) is 9.97 Å².